The Kier molecular flexibility index (Phi) is 3.56. The molecule has 3 heterocycles. The summed E-state index contributed by atoms with van der Waals surface area (Å²) >= 11 is 0. The molecule has 1 saturated heterocycles. The molecule has 3 aromatic rings. The van der Waals surface area contributed by atoms with Crippen molar-refractivity contribution in [3.8, 4) is 5.75 Å². The van der Waals surface area contributed by atoms with E-state index in [1.165, 1.54) is 6.07 Å². The highest BCUT2D eigenvalue weighted by molar-refractivity contribution is 6.06. The quantitative estimate of drug-likeness (QED) is 0.789. The van der Waals surface area contributed by atoms with E-state index in [4.69, 9.17) is 9.26 Å². The van der Waals surface area contributed by atoms with Gasteiger partial charge in [-0.15, -0.1) is 0 Å². The van der Waals surface area contributed by atoms with Gasteiger partial charge < -0.3 is 19.1 Å². The highest BCUT2D eigenvalue weighted by atomic mass is 16.5. The van der Waals surface area contributed by atoms with Gasteiger partial charge in [0.15, 0.2) is 0 Å². The van der Waals surface area contributed by atoms with Gasteiger partial charge in [-0.3, -0.25) is 9.59 Å². The molecule has 0 bridgehead atoms. The Morgan fingerprint density at radius 3 is 2.84 bits per heavy atom. The number of nitrogens with zero attached hydrogens (tertiary/aromatic N) is 2. The molecule has 0 unspecified atom stereocenters. The maximum Gasteiger partial charge on any atom is 0.254 e. The zero-order valence-corrected chi connectivity index (χ0v) is 13.9. The third-order valence-electron chi connectivity index (χ3n) is 4.62. The van der Waals surface area contributed by atoms with Crippen molar-refractivity contribution < 1.29 is 14.1 Å². The molecule has 128 valence electrons. The van der Waals surface area contributed by atoms with Crippen molar-refractivity contribution in [3.05, 3.63) is 57.7 Å². The number of amides is 1. The lowest BCUT2D eigenvalue weighted by Crippen LogP contribution is -2.49. The fraction of sp³-hybridized carbons (Fsp3) is 0.278. The van der Waals surface area contributed by atoms with Crippen LogP contribution in [0.25, 0.3) is 10.9 Å². The Balaban J connectivity index is 1.63. The van der Waals surface area contributed by atoms with Crippen molar-refractivity contribution in [3.63, 3.8) is 0 Å². The van der Waals surface area contributed by atoms with Gasteiger partial charge in [0.25, 0.3) is 5.91 Å². The Labute approximate surface area is 143 Å². The second kappa shape index (κ2) is 5.77. The van der Waals surface area contributed by atoms with E-state index in [1.54, 1.807) is 36.5 Å². The largest absolute Gasteiger partial charge is 0.497 e. The molecular weight excluding hydrogens is 322 g/mol. The van der Waals surface area contributed by atoms with Crippen LogP contribution in [0.15, 0.2) is 39.8 Å². The highest BCUT2D eigenvalue weighted by Crippen LogP contribution is 2.30. The Morgan fingerprint density at radius 1 is 1.36 bits per heavy atom. The van der Waals surface area contributed by atoms with Gasteiger partial charge in [-0.1, -0.05) is 5.16 Å². The van der Waals surface area contributed by atoms with Crippen molar-refractivity contribution >= 4 is 16.8 Å². The summed E-state index contributed by atoms with van der Waals surface area (Å²) in [6, 6.07) is 6.63. The van der Waals surface area contributed by atoms with Gasteiger partial charge in [0.1, 0.15) is 12.0 Å². The first-order chi connectivity index (χ1) is 12.1. The molecule has 1 N–H and O–H groups in total. The maximum absolute atomic E-state index is 12.8. The van der Waals surface area contributed by atoms with Gasteiger partial charge in [-0.2, -0.15) is 0 Å². The van der Waals surface area contributed by atoms with Crippen molar-refractivity contribution in [2.75, 3.05) is 20.2 Å². The van der Waals surface area contributed by atoms with Crippen molar-refractivity contribution in [2.24, 2.45) is 0 Å². The lowest BCUT2D eigenvalue weighted by atomic mass is 9.93. The average Bonchev–Trinajstić information content (AvgIpc) is 2.97. The number of H-pyrrole nitrogens is 1. The van der Waals surface area contributed by atoms with Crippen LogP contribution in [-0.2, 0) is 0 Å². The van der Waals surface area contributed by atoms with Crippen LogP contribution < -0.4 is 10.3 Å². The monoisotopic (exact) mass is 339 g/mol. The van der Waals surface area contributed by atoms with Crippen molar-refractivity contribution in [2.45, 2.75) is 12.8 Å². The lowest BCUT2D eigenvalue weighted by molar-refractivity contribution is 0.0597. The first-order valence-electron chi connectivity index (χ1n) is 7.98. The summed E-state index contributed by atoms with van der Waals surface area (Å²) < 4.78 is 10.1. The second-order valence-electron chi connectivity index (χ2n) is 6.25. The number of aromatic amines is 1. The van der Waals surface area contributed by atoms with E-state index < -0.39 is 0 Å². The molecule has 1 amide bonds. The number of nitrogens with one attached hydrogen (secondary N) is 1. The molecule has 7 heteroatoms. The smallest absolute Gasteiger partial charge is 0.254 e. The van der Waals surface area contributed by atoms with Crippen LogP contribution in [0.3, 0.4) is 0 Å². The molecule has 1 aliphatic rings. The summed E-state index contributed by atoms with van der Waals surface area (Å²) in [4.78, 5) is 29.3. The third-order valence-corrected chi connectivity index (χ3v) is 4.62. The Bertz CT molecular complexity index is 1010. The van der Waals surface area contributed by atoms with E-state index in [9.17, 15) is 9.59 Å². The summed E-state index contributed by atoms with van der Waals surface area (Å²) in [6.07, 6.45) is 1.61. The number of likely N-dealkylation sites (tertiary alicyclic amines) is 1. The van der Waals surface area contributed by atoms with E-state index >= 15 is 0 Å². The van der Waals surface area contributed by atoms with Crippen LogP contribution in [0, 0.1) is 6.92 Å². The zero-order chi connectivity index (χ0) is 17.6. The maximum atomic E-state index is 12.8. The number of carbonyl (C=O) groups is 1. The topological polar surface area (TPSA) is 88.4 Å². The molecule has 0 aliphatic carbocycles. The lowest BCUT2D eigenvalue weighted by Gasteiger charge is -2.38. The number of hydrogen-bond acceptors (Lipinski definition) is 5. The number of fused-ring (bicyclic) bond motifs is 1. The fourth-order valence-corrected chi connectivity index (χ4v) is 3.22. The molecule has 1 fully saturated rings. The summed E-state index contributed by atoms with van der Waals surface area (Å²) in [5.74, 6) is 0.646. The van der Waals surface area contributed by atoms with Crippen LogP contribution >= 0.6 is 0 Å². The molecule has 0 atom stereocenters. The number of rotatable bonds is 3. The summed E-state index contributed by atoms with van der Waals surface area (Å²) in [6.45, 7) is 3.07. The Hall–Kier alpha value is -3.09. The van der Waals surface area contributed by atoms with Crippen LogP contribution in [0.5, 0.6) is 5.75 Å². The van der Waals surface area contributed by atoms with Gasteiger partial charge in [0.2, 0.25) is 5.56 Å². The van der Waals surface area contributed by atoms with Gasteiger partial charge in [0, 0.05) is 42.1 Å². The summed E-state index contributed by atoms with van der Waals surface area (Å²) in [5.41, 5.74) is 2.56. The van der Waals surface area contributed by atoms with Gasteiger partial charge in [-0.05, 0) is 19.1 Å². The van der Waals surface area contributed by atoms with Crippen LogP contribution in [0.4, 0.5) is 0 Å². The molecule has 4 rings (SSSR count). The third kappa shape index (κ3) is 2.57. The Morgan fingerprint density at radius 2 is 2.16 bits per heavy atom. The number of hydrogen-bond donors (Lipinski definition) is 1. The number of ether oxygens (including phenoxy) is 1. The van der Waals surface area contributed by atoms with Crippen LogP contribution in [0.1, 0.15) is 27.5 Å². The normalized spacial score (nSPS) is 14.6. The molecule has 2 aromatic heterocycles. The summed E-state index contributed by atoms with van der Waals surface area (Å²) in [5, 5.41) is 4.71. The molecule has 7 nitrogen and oxygen atoms in total. The van der Waals surface area contributed by atoms with E-state index in [0.29, 0.717) is 35.3 Å². The minimum Gasteiger partial charge on any atom is -0.497 e. The van der Waals surface area contributed by atoms with E-state index in [0.717, 1.165) is 11.3 Å². The minimum absolute atomic E-state index is 0.154. The fourth-order valence-electron chi connectivity index (χ4n) is 3.22. The molecular formula is C18H17N3O4. The van der Waals surface area contributed by atoms with Gasteiger partial charge in [-0.25, -0.2) is 0 Å². The number of carbonyl (C=O) groups excluding carboxylic acids is 1. The van der Waals surface area contributed by atoms with E-state index in [1.807, 2.05) is 6.92 Å². The molecule has 1 aromatic carbocycles. The zero-order valence-electron chi connectivity index (χ0n) is 13.9. The highest BCUT2D eigenvalue weighted by Gasteiger charge is 2.35. The van der Waals surface area contributed by atoms with Crippen LogP contribution in [0.2, 0.25) is 0 Å². The molecule has 25 heavy (non-hydrogen) atoms. The molecule has 0 saturated carbocycles. The minimum atomic E-state index is -0.312. The molecule has 0 radical (unpaired) electrons. The number of pyridine rings is 1. The average molecular weight is 339 g/mol. The predicted octanol–water partition coefficient (Wildman–Crippen LogP) is 2.07. The standard InChI is InChI=1S/C18H17N3O4/c1-10-9-25-20-17(10)11-7-21(8-11)18(23)14-6-16(22)19-15-5-12(24-2)3-4-13(14)15/h3-6,9,11H,7-8H2,1-2H3,(H,19,22). The van der Waals surface area contributed by atoms with E-state index in [2.05, 4.69) is 10.1 Å². The number of aromatic nitrogens is 2. The van der Waals surface area contributed by atoms with E-state index in [-0.39, 0.29) is 17.4 Å². The first-order valence-corrected chi connectivity index (χ1v) is 7.98. The van der Waals surface area contributed by atoms with Crippen LogP contribution in [-0.4, -0.2) is 41.1 Å². The number of methoxy groups -OCH3 is 1. The van der Waals surface area contributed by atoms with Gasteiger partial charge in [0.05, 0.1) is 23.9 Å². The predicted molar refractivity (Wildman–Crippen MR) is 91.0 cm³/mol. The summed E-state index contributed by atoms with van der Waals surface area (Å²) in [7, 11) is 1.56. The SMILES string of the molecule is COc1ccc2c(C(=O)N3CC(c4nocc4C)C3)cc(=O)[nH]c2c1. The first kappa shape index (κ1) is 15.4. The molecule has 1 aliphatic heterocycles. The number of aryl methyl sites for hydroxylation is 1. The van der Waals surface area contributed by atoms with Crippen molar-refractivity contribution in [1.29, 1.82) is 0 Å². The van der Waals surface area contributed by atoms with Crippen molar-refractivity contribution in [1.82, 2.24) is 15.0 Å². The number of benzene rings is 1. The second-order valence-corrected chi connectivity index (χ2v) is 6.25. The van der Waals surface area contributed by atoms with Gasteiger partial charge >= 0.3 is 0 Å². The molecule has 0 spiro atoms.